The molecule has 1 unspecified atom stereocenters. The van der Waals surface area contributed by atoms with Crippen molar-refractivity contribution in [2.45, 2.75) is 43.9 Å². The summed E-state index contributed by atoms with van der Waals surface area (Å²) in [6.45, 7) is -0.780. The van der Waals surface area contributed by atoms with Crippen molar-refractivity contribution < 1.29 is 40.6 Å². The van der Waals surface area contributed by atoms with Crippen molar-refractivity contribution in [1.29, 1.82) is 0 Å². The Labute approximate surface area is 156 Å². The third-order valence-electron chi connectivity index (χ3n) is 4.13. The second-order valence-corrected chi connectivity index (χ2v) is 6.34. The maximum atomic E-state index is 12.8. The minimum atomic E-state index is -4.65. The summed E-state index contributed by atoms with van der Waals surface area (Å²) in [5.41, 5.74) is 0.403. The first-order chi connectivity index (χ1) is 13.0. The van der Waals surface area contributed by atoms with Crippen molar-refractivity contribution in [2.75, 3.05) is 13.7 Å². The lowest BCUT2D eigenvalue weighted by molar-refractivity contribution is -0.207. The van der Waals surface area contributed by atoms with Gasteiger partial charge in [-0.25, -0.2) is 9.78 Å². The zero-order valence-corrected chi connectivity index (χ0v) is 14.7. The topological polar surface area (TPSA) is 72.5 Å². The number of hydrogen-bond acceptors (Lipinski definition) is 4. The molecule has 2 rings (SSSR count). The summed E-state index contributed by atoms with van der Waals surface area (Å²) in [5, 5.41) is 4.84. The Balaban J connectivity index is 1.82. The van der Waals surface area contributed by atoms with Gasteiger partial charge < -0.3 is 20.1 Å². The van der Waals surface area contributed by atoms with E-state index in [-0.39, 0.29) is 25.3 Å². The fraction of sp³-hybridized carbons (Fsp3) is 0.625. The number of rotatable bonds is 7. The first-order valence-electron chi connectivity index (χ1n) is 8.27. The van der Waals surface area contributed by atoms with Crippen LogP contribution >= 0.6 is 0 Å². The van der Waals surface area contributed by atoms with Crippen LogP contribution in [0.3, 0.4) is 0 Å². The Bertz CT molecular complexity index is 662. The summed E-state index contributed by atoms with van der Waals surface area (Å²) in [6, 6.07) is 1.44. The van der Waals surface area contributed by atoms with Crippen molar-refractivity contribution >= 4 is 6.03 Å². The molecular formula is C16H19F6N3O3. The standard InChI is InChI=1S/C16H19F6N3O3/c1-27-8-12(16(20,21)22)28-13-4-9(2-3-23-13)7-24-14(26)25-11-5-10(6-11)15(17,18)19/h2-4,10-12H,5-8H2,1H3,(H2,24,25,26)/t10-,11-,12?. The van der Waals surface area contributed by atoms with E-state index in [0.29, 0.717) is 5.56 Å². The predicted molar refractivity (Wildman–Crippen MR) is 84.5 cm³/mol. The maximum Gasteiger partial charge on any atom is 0.427 e. The number of urea groups is 1. The van der Waals surface area contributed by atoms with E-state index in [1.165, 1.54) is 18.3 Å². The van der Waals surface area contributed by atoms with Crippen LogP contribution in [-0.2, 0) is 11.3 Å². The van der Waals surface area contributed by atoms with Crippen molar-refractivity contribution in [3.63, 3.8) is 0 Å². The Morgan fingerprint density at radius 1 is 1.29 bits per heavy atom. The summed E-state index contributed by atoms with van der Waals surface area (Å²) in [6.07, 6.45) is -10.3. The van der Waals surface area contributed by atoms with Gasteiger partial charge in [-0.1, -0.05) is 0 Å². The van der Waals surface area contributed by atoms with Gasteiger partial charge >= 0.3 is 18.4 Å². The van der Waals surface area contributed by atoms with Crippen LogP contribution in [0.4, 0.5) is 31.1 Å². The molecule has 1 aromatic rings. The molecule has 0 saturated heterocycles. The summed E-state index contributed by atoms with van der Waals surface area (Å²) < 4.78 is 85.0. The summed E-state index contributed by atoms with van der Waals surface area (Å²) in [7, 11) is 1.10. The van der Waals surface area contributed by atoms with Crippen molar-refractivity contribution in [3.8, 4) is 5.88 Å². The van der Waals surface area contributed by atoms with Crippen molar-refractivity contribution in [1.82, 2.24) is 15.6 Å². The average Bonchev–Trinajstić information content (AvgIpc) is 2.54. The molecule has 1 heterocycles. The average molecular weight is 415 g/mol. The van der Waals surface area contributed by atoms with Crippen LogP contribution in [0.1, 0.15) is 18.4 Å². The molecule has 0 aromatic carbocycles. The zero-order chi connectivity index (χ0) is 20.9. The minimum absolute atomic E-state index is 0.0684. The Hall–Kier alpha value is -2.24. The van der Waals surface area contributed by atoms with Crippen LogP contribution in [0.2, 0.25) is 0 Å². The quantitative estimate of drug-likeness (QED) is 0.671. The molecule has 1 fully saturated rings. The lowest BCUT2D eigenvalue weighted by atomic mass is 9.80. The predicted octanol–water partition coefficient (Wildman–Crippen LogP) is 3.18. The Morgan fingerprint density at radius 3 is 2.54 bits per heavy atom. The van der Waals surface area contributed by atoms with Gasteiger partial charge in [0.25, 0.3) is 0 Å². The van der Waals surface area contributed by atoms with E-state index in [0.717, 1.165) is 7.11 Å². The van der Waals surface area contributed by atoms with Gasteiger partial charge in [0.2, 0.25) is 12.0 Å². The lowest BCUT2D eigenvalue weighted by Gasteiger charge is -2.36. The van der Waals surface area contributed by atoms with Crippen LogP contribution in [-0.4, -0.2) is 49.2 Å². The fourth-order valence-corrected chi connectivity index (χ4v) is 2.54. The van der Waals surface area contributed by atoms with E-state index in [9.17, 15) is 31.1 Å². The highest BCUT2D eigenvalue weighted by Crippen LogP contribution is 2.40. The Morgan fingerprint density at radius 2 is 1.96 bits per heavy atom. The van der Waals surface area contributed by atoms with Gasteiger partial charge in [0.05, 0.1) is 12.5 Å². The highest BCUT2D eigenvalue weighted by molar-refractivity contribution is 5.74. The number of alkyl halides is 6. The third-order valence-corrected chi connectivity index (χ3v) is 4.13. The largest absolute Gasteiger partial charge is 0.462 e. The number of hydrogen-bond donors (Lipinski definition) is 2. The van der Waals surface area contributed by atoms with E-state index < -0.39 is 43.1 Å². The molecule has 1 saturated carbocycles. The third kappa shape index (κ3) is 6.43. The number of ether oxygens (including phenoxy) is 2. The molecule has 1 aliphatic carbocycles. The molecule has 0 radical (unpaired) electrons. The van der Waals surface area contributed by atoms with Crippen LogP contribution in [0.15, 0.2) is 18.3 Å². The number of pyridine rings is 1. The number of nitrogens with zero attached hydrogens (tertiary/aromatic N) is 1. The number of carbonyl (C=O) groups excluding carboxylic acids is 1. The highest BCUT2D eigenvalue weighted by Gasteiger charge is 2.48. The minimum Gasteiger partial charge on any atom is -0.462 e. The number of amides is 2. The van der Waals surface area contributed by atoms with E-state index in [1.54, 1.807) is 0 Å². The van der Waals surface area contributed by atoms with Crippen LogP contribution < -0.4 is 15.4 Å². The molecule has 1 aromatic heterocycles. The van der Waals surface area contributed by atoms with Gasteiger partial charge in [-0.05, 0) is 24.5 Å². The molecule has 0 spiro atoms. The maximum absolute atomic E-state index is 12.8. The van der Waals surface area contributed by atoms with Crippen molar-refractivity contribution in [3.05, 3.63) is 23.9 Å². The number of halogens is 6. The smallest absolute Gasteiger partial charge is 0.427 e. The molecule has 2 N–H and O–H groups in total. The SMILES string of the molecule is COCC(Oc1cc(CNC(=O)N[C@H]2C[C@H](C(F)(F)F)C2)ccn1)C(F)(F)F. The fourth-order valence-electron chi connectivity index (χ4n) is 2.54. The summed E-state index contributed by atoms with van der Waals surface area (Å²) in [5.74, 6) is -1.71. The van der Waals surface area contributed by atoms with Crippen LogP contribution in [0.25, 0.3) is 0 Å². The first kappa shape index (κ1) is 22.1. The van der Waals surface area contributed by atoms with Gasteiger partial charge in [0.15, 0.2) is 0 Å². The number of carbonyl (C=O) groups is 1. The molecule has 2 amide bonds. The zero-order valence-electron chi connectivity index (χ0n) is 14.7. The molecule has 28 heavy (non-hydrogen) atoms. The summed E-state index contributed by atoms with van der Waals surface area (Å²) in [4.78, 5) is 15.4. The molecule has 12 heteroatoms. The number of methoxy groups -OCH3 is 1. The van der Waals surface area contributed by atoms with Gasteiger partial charge in [0, 0.05) is 32.0 Å². The van der Waals surface area contributed by atoms with Gasteiger partial charge in [-0.3, -0.25) is 0 Å². The molecule has 1 aliphatic rings. The first-order valence-corrected chi connectivity index (χ1v) is 8.27. The second-order valence-electron chi connectivity index (χ2n) is 6.34. The van der Waals surface area contributed by atoms with Crippen LogP contribution in [0, 0.1) is 5.92 Å². The van der Waals surface area contributed by atoms with E-state index in [4.69, 9.17) is 4.74 Å². The number of nitrogens with one attached hydrogen (secondary N) is 2. The monoisotopic (exact) mass is 415 g/mol. The molecule has 1 atom stereocenters. The molecular weight excluding hydrogens is 396 g/mol. The highest BCUT2D eigenvalue weighted by atomic mass is 19.4. The van der Waals surface area contributed by atoms with Gasteiger partial charge in [-0.2, -0.15) is 26.3 Å². The molecule has 158 valence electrons. The van der Waals surface area contributed by atoms with E-state index in [1.807, 2.05) is 0 Å². The second kappa shape index (κ2) is 8.84. The molecule has 6 nitrogen and oxygen atoms in total. The van der Waals surface area contributed by atoms with Crippen LogP contribution in [0.5, 0.6) is 5.88 Å². The molecule has 0 aliphatic heterocycles. The van der Waals surface area contributed by atoms with Gasteiger partial charge in [-0.15, -0.1) is 0 Å². The van der Waals surface area contributed by atoms with E-state index >= 15 is 0 Å². The van der Waals surface area contributed by atoms with Crippen molar-refractivity contribution in [2.24, 2.45) is 5.92 Å². The molecule has 0 bridgehead atoms. The number of aromatic nitrogens is 1. The normalized spacial score (nSPS) is 20.8. The van der Waals surface area contributed by atoms with E-state index in [2.05, 4.69) is 20.4 Å². The summed E-state index contributed by atoms with van der Waals surface area (Å²) >= 11 is 0. The van der Waals surface area contributed by atoms with Gasteiger partial charge in [0.1, 0.15) is 0 Å². The Kier molecular flexibility index (Phi) is 6.96. The lowest BCUT2D eigenvalue weighted by Crippen LogP contribution is -2.51.